The van der Waals surface area contributed by atoms with Gasteiger partial charge in [0.15, 0.2) is 5.13 Å². The lowest BCUT2D eigenvalue weighted by Crippen LogP contribution is -2.31. The third-order valence-electron chi connectivity index (χ3n) is 7.00. The number of ether oxygens (including phenoxy) is 1. The number of nitrogens with two attached hydrogens (primary N) is 1. The molecule has 1 fully saturated rings. The lowest BCUT2D eigenvalue weighted by molar-refractivity contribution is 0.188. The summed E-state index contributed by atoms with van der Waals surface area (Å²) in [4.78, 5) is 23.3. The van der Waals surface area contributed by atoms with Crippen LogP contribution >= 0.6 is 11.3 Å². The Morgan fingerprint density at radius 2 is 1.97 bits per heavy atom. The van der Waals surface area contributed by atoms with Crippen molar-refractivity contribution in [1.82, 2.24) is 24.8 Å². The Hall–Kier alpha value is -3.37. The minimum absolute atomic E-state index is 0.323. The molecule has 1 unspecified atom stereocenters. The quantitative estimate of drug-likeness (QED) is 0.392. The van der Waals surface area contributed by atoms with E-state index in [1.807, 2.05) is 6.07 Å². The summed E-state index contributed by atoms with van der Waals surface area (Å²) < 4.78 is 21.0. The second-order valence-electron chi connectivity index (χ2n) is 9.36. The van der Waals surface area contributed by atoms with Crippen LogP contribution in [-0.4, -0.2) is 64.2 Å². The molecule has 5 heterocycles. The Balaban J connectivity index is 1.43. The second kappa shape index (κ2) is 9.59. The Kier molecular flexibility index (Phi) is 6.14. The summed E-state index contributed by atoms with van der Waals surface area (Å²) in [7, 11) is 2.13. The van der Waals surface area contributed by atoms with Gasteiger partial charge >= 0.3 is 6.01 Å². The first-order chi connectivity index (χ1) is 17.6. The zero-order valence-electron chi connectivity index (χ0n) is 20.2. The number of rotatable bonds is 5. The molecule has 8 nitrogen and oxygen atoms in total. The van der Waals surface area contributed by atoms with Gasteiger partial charge in [-0.25, -0.2) is 9.37 Å². The van der Waals surface area contributed by atoms with Crippen molar-refractivity contribution < 1.29 is 9.13 Å². The molecule has 2 aliphatic heterocycles. The van der Waals surface area contributed by atoms with Crippen LogP contribution in [0.15, 0.2) is 36.5 Å². The van der Waals surface area contributed by atoms with Crippen LogP contribution in [-0.2, 0) is 0 Å². The van der Waals surface area contributed by atoms with Crippen molar-refractivity contribution in [2.24, 2.45) is 0 Å². The molecular weight excluding hydrogens is 477 g/mol. The molecule has 10 heteroatoms. The van der Waals surface area contributed by atoms with E-state index in [9.17, 15) is 4.39 Å². The first kappa shape index (κ1) is 23.1. The molecule has 2 aliphatic rings. The van der Waals surface area contributed by atoms with E-state index >= 15 is 0 Å². The van der Waals surface area contributed by atoms with E-state index in [0.29, 0.717) is 39.7 Å². The number of benzene rings is 1. The number of halogens is 1. The molecule has 36 heavy (non-hydrogen) atoms. The molecule has 4 aromatic rings. The maximum atomic E-state index is 14.4. The predicted molar refractivity (Wildman–Crippen MR) is 142 cm³/mol. The fraction of sp³-hybridized carbons (Fsp3) is 0.385. The van der Waals surface area contributed by atoms with E-state index in [0.717, 1.165) is 72.5 Å². The second-order valence-corrected chi connectivity index (χ2v) is 10.4. The van der Waals surface area contributed by atoms with Gasteiger partial charge in [-0.2, -0.15) is 9.97 Å². The number of pyridine rings is 1. The van der Waals surface area contributed by atoms with Gasteiger partial charge in [0.05, 0.1) is 26.8 Å². The van der Waals surface area contributed by atoms with Gasteiger partial charge in [0.2, 0.25) is 0 Å². The van der Waals surface area contributed by atoms with Gasteiger partial charge in [0.1, 0.15) is 18.2 Å². The molecular formula is C26H28FN7OS. The third kappa shape index (κ3) is 4.35. The monoisotopic (exact) mass is 505 g/mol. The average Bonchev–Trinajstić information content (AvgIpc) is 3.36. The van der Waals surface area contributed by atoms with Crippen LogP contribution in [0.5, 0.6) is 6.01 Å². The van der Waals surface area contributed by atoms with Crippen LogP contribution in [0.2, 0.25) is 0 Å². The van der Waals surface area contributed by atoms with Gasteiger partial charge in [0.25, 0.3) is 0 Å². The van der Waals surface area contributed by atoms with E-state index in [4.69, 9.17) is 25.4 Å². The molecule has 0 radical (unpaired) electrons. The Bertz CT molecular complexity index is 1450. The summed E-state index contributed by atoms with van der Waals surface area (Å²) >= 11 is 1.14. The first-order valence-electron chi connectivity index (χ1n) is 12.3. The molecule has 2 N–H and O–H groups in total. The van der Waals surface area contributed by atoms with E-state index in [-0.39, 0.29) is 5.82 Å². The van der Waals surface area contributed by atoms with Gasteiger partial charge in [-0.15, -0.1) is 0 Å². The molecule has 6 rings (SSSR count). The van der Waals surface area contributed by atoms with Crippen molar-refractivity contribution in [3.8, 4) is 17.3 Å². The van der Waals surface area contributed by atoms with Crippen molar-refractivity contribution in [3.05, 3.63) is 42.4 Å². The number of fused-ring (bicyclic) bond motifs is 2. The standard InChI is InChI=1S/C26H28FN7OS/c1-33-10-6-7-16(33)15-35-26-30-21-13-20(17-8-9-19(27)23-22(17)31-25(28)36-23)29-14-18(21)24(32-26)34-11-4-2-3-5-12-34/h2-3,8-9,13-14,16H,4-7,10-12,15H2,1H3,(H2,28,31). The summed E-state index contributed by atoms with van der Waals surface area (Å²) in [6.45, 7) is 3.37. The zero-order chi connectivity index (χ0) is 24.6. The van der Waals surface area contributed by atoms with Crippen molar-refractivity contribution in [2.75, 3.05) is 43.9 Å². The number of nitrogen functional groups attached to an aromatic ring is 1. The van der Waals surface area contributed by atoms with Crippen LogP contribution in [0.3, 0.4) is 0 Å². The Labute approximate surface area is 212 Å². The fourth-order valence-electron chi connectivity index (χ4n) is 5.02. The number of hydrogen-bond acceptors (Lipinski definition) is 9. The topological polar surface area (TPSA) is 93.3 Å². The molecule has 1 saturated heterocycles. The van der Waals surface area contributed by atoms with Crippen LogP contribution < -0.4 is 15.4 Å². The maximum Gasteiger partial charge on any atom is 0.319 e. The predicted octanol–water partition coefficient (Wildman–Crippen LogP) is 4.65. The van der Waals surface area contributed by atoms with Crippen LogP contribution in [0.25, 0.3) is 32.4 Å². The number of nitrogens with zero attached hydrogens (tertiary/aromatic N) is 6. The first-order valence-corrected chi connectivity index (χ1v) is 13.1. The minimum atomic E-state index is -0.337. The van der Waals surface area contributed by atoms with E-state index in [2.05, 4.69) is 34.0 Å². The highest BCUT2D eigenvalue weighted by molar-refractivity contribution is 7.22. The van der Waals surface area contributed by atoms with Gasteiger partial charge < -0.3 is 20.3 Å². The lowest BCUT2D eigenvalue weighted by Gasteiger charge is -2.24. The van der Waals surface area contributed by atoms with Gasteiger partial charge in [-0.05, 0) is 57.5 Å². The van der Waals surface area contributed by atoms with Gasteiger partial charge in [-0.1, -0.05) is 23.5 Å². The molecule has 1 aromatic carbocycles. The van der Waals surface area contributed by atoms with Gasteiger partial charge in [0, 0.05) is 30.9 Å². The largest absolute Gasteiger partial charge is 0.462 e. The number of aromatic nitrogens is 4. The number of likely N-dealkylation sites (tertiary alicyclic amines) is 1. The number of thiazole rings is 1. The SMILES string of the molecule is CN1CCCC1COc1nc(N2CCC=CCC2)c2cnc(-c3ccc(F)c4sc(N)nc34)cc2n1. The highest BCUT2D eigenvalue weighted by Crippen LogP contribution is 2.36. The van der Waals surface area contributed by atoms with Crippen molar-refractivity contribution in [3.63, 3.8) is 0 Å². The smallest absolute Gasteiger partial charge is 0.319 e. The maximum absolute atomic E-state index is 14.4. The summed E-state index contributed by atoms with van der Waals surface area (Å²) in [5.41, 5.74) is 8.51. The molecule has 0 aliphatic carbocycles. The number of likely N-dealkylation sites (N-methyl/N-ethyl adjacent to an activating group) is 1. The zero-order valence-corrected chi connectivity index (χ0v) is 21.0. The van der Waals surface area contributed by atoms with E-state index < -0.39 is 0 Å². The van der Waals surface area contributed by atoms with Crippen LogP contribution in [0.1, 0.15) is 25.7 Å². The summed E-state index contributed by atoms with van der Waals surface area (Å²) in [5, 5.41) is 1.19. The highest BCUT2D eigenvalue weighted by atomic mass is 32.1. The van der Waals surface area contributed by atoms with E-state index in [1.165, 1.54) is 12.5 Å². The normalized spacial score (nSPS) is 18.8. The van der Waals surface area contributed by atoms with Crippen LogP contribution in [0, 0.1) is 5.82 Å². The third-order valence-corrected chi connectivity index (χ3v) is 7.90. The summed E-state index contributed by atoms with van der Waals surface area (Å²) in [6, 6.07) is 5.78. The van der Waals surface area contributed by atoms with Crippen molar-refractivity contribution in [1.29, 1.82) is 0 Å². The van der Waals surface area contributed by atoms with Crippen LogP contribution in [0.4, 0.5) is 15.3 Å². The van der Waals surface area contributed by atoms with Crippen molar-refractivity contribution in [2.45, 2.75) is 31.7 Å². The molecule has 0 saturated carbocycles. The Morgan fingerprint density at radius 1 is 1.14 bits per heavy atom. The molecule has 0 bridgehead atoms. The average molecular weight is 506 g/mol. The number of hydrogen-bond donors (Lipinski definition) is 1. The molecule has 0 amide bonds. The Morgan fingerprint density at radius 3 is 2.75 bits per heavy atom. The summed E-state index contributed by atoms with van der Waals surface area (Å²) in [5.74, 6) is 0.496. The fourth-order valence-corrected chi connectivity index (χ4v) is 5.78. The lowest BCUT2D eigenvalue weighted by atomic mass is 10.1. The molecule has 186 valence electrons. The number of anilines is 2. The molecule has 0 spiro atoms. The molecule has 1 atom stereocenters. The van der Waals surface area contributed by atoms with Gasteiger partial charge in [-0.3, -0.25) is 4.98 Å². The minimum Gasteiger partial charge on any atom is -0.462 e. The van der Waals surface area contributed by atoms with Crippen molar-refractivity contribution >= 4 is 43.4 Å². The molecule has 3 aromatic heterocycles. The summed E-state index contributed by atoms with van der Waals surface area (Å²) in [6.07, 6.45) is 10.4. The van der Waals surface area contributed by atoms with E-state index in [1.54, 1.807) is 12.3 Å². The highest BCUT2D eigenvalue weighted by Gasteiger charge is 2.23.